The molecular weight excluding hydrogens is 349 g/mol. The summed E-state index contributed by atoms with van der Waals surface area (Å²) in [7, 11) is 1.97. The van der Waals surface area contributed by atoms with Gasteiger partial charge >= 0.3 is 0 Å². The maximum absolute atomic E-state index is 13.7. The first-order chi connectivity index (χ1) is 13.0. The number of hydrogen-bond acceptors (Lipinski definition) is 4. The van der Waals surface area contributed by atoms with E-state index >= 15 is 0 Å². The van der Waals surface area contributed by atoms with Gasteiger partial charge in [-0.15, -0.1) is 0 Å². The molecule has 1 atom stereocenters. The van der Waals surface area contributed by atoms with Crippen molar-refractivity contribution < 1.29 is 14.0 Å². The monoisotopic (exact) mass is 371 g/mol. The lowest BCUT2D eigenvalue weighted by Crippen LogP contribution is -2.50. The molecule has 0 unspecified atom stereocenters. The van der Waals surface area contributed by atoms with Crippen molar-refractivity contribution in [1.29, 1.82) is 0 Å². The Labute approximate surface area is 156 Å². The molecule has 4 rings (SSSR count). The molecule has 2 aliphatic rings. The van der Waals surface area contributed by atoms with Gasteiger partial charge in [-0.05, 0) is 23.8 Å². The van der Waals surface area contributed by atoms with Gasteiger partial charge in [0.05, 0.1) is 12.5 Å². The van der Waals surface area contributed by atoms with Gasteiger partial charge in [-0.2, -0.15) is 0 Å². The second kappa shape index (κ2) is 7.11. The normalized spacial score (nSPS) is 20.3. The predicted molar refractivity (Wildman–Crippen MR) is 97.5 cm³/mol. The molecule has 0 saturated carbocycles. The maximum Gasteiger partial charge on any atom is 0.230 e. The minimum absolute atomic E-state index is 0.0583. The highest BCUT2D eigenvalue weighted by atomic mass is 19.1. The number of fused-ring (bicyclic) bond motifs is 1. The number of amides is 2. The van der Waals surface area contributed by atoms with Crippen molar-refractivity contribution in [2.75, 3.05) is 31.5 Å². The highest BCUT2D eigenvalue weighted by Gasteiger charge is 2.35. The molecule has 27 heavy (non-hydrogen) atoms. The van der Waals surface area contributed by atoms with Crippen LogP contribution in [0, 0.1) is 5.82 Å². The highest BCUT2D eigenvalue weighted by Crippen LogP contribution is 2.34. The van der Waals surface area contributed by atoms with Crippen LogP contribution in [0.4, 0.5) is 10.1 Å². The van der Waals surface area contributed by atoms with E-state index in [1.807, 2.05) is 17.8 Å². The summed E-state index contributed by atoms with van der Waals surface area (Å²) in [4.78, 5) is 33.4. The molecule has 1 N–H and O–H groups in total. The van der Waals surface area contributed by atoms with E-state index in [0.717, 1.165) is 25.5 Å². The number of benzene rings is 1. The van der Waals surface area contributed by atoms with Crippen LogP contribution in [0.3, 0.4) is 0 Å². The topological polar surface area (TPSA) is 70.5 Å². The second-order valence-corrected chi connectivity index (χ2v) is 7.09. The van der Waals surface area contributed by atoms with E-state index in [2.05, 4.69) is 15.2 Å². The molecule has 0 spiro atoms. The summed E-state index contributed by atoms with van der Waals surface area (Å²) in [6, 6.07) is 4.17. The van der Waals surface area contributed by atoms with Crippen LogP contribution in [-0.2, 0) is 23.2 Å². The fourth-order valence-corrected chi connectivity index (χ4v) is 3.75. The van der Waals surface area contributed by atoms with Crippen molar-refractivity contribution >= 4 is 17.5 Å². The lowest BCUT2D eigenvalue weighted by molar-refractivity contribution is -0.136. The van der Waals surface area contributed by atoms with Gasteiger partial charge in [0.25, 0.3) is 0 Å². The smallest absolute Gasteiger partial charge is 0.230 e. The van der Waals surface area contributed by atoms with Gasteiger partial charge in [-0.3, -0.25) is 14.5 Å². The molecule has 2 aromatic rings. The number of nitrogens with one attached hydrogen (secondary N) is 1. The third-order valence-corrected chi connectivity index (χ3v) is 5.32. The van der Waals surface area contributed by atoms with Crippen molar-refractivity contribution in [3.8, 4) is 0 Å². The molecule has 2 aliphatic heterocycles. The number of nitrogens with zero attached hydrogens (tertiary/aromatic N) is 4. The quantitative estimate of drug-likeness (QED) is 0.884. The molecule has 0 bridgehead atoms. The number of rotatable bonds is 3. The number of aryl methyl sites for hydroxylation is 1. The zero-order chi connectivity index (χ0) is 19.0. The van der Waals surface area contributed by atoms with E-state index in [-0.39, 0.29) is 18.2 Å². The minimum atomic E-state index is -0.620. The van der Waals surface area contributed by atoms with Crippen molar-refractivity contribution in [3.05, 3.63) is 47.8 Å². The summed E-state index contributed by atoms with van der Waals surface area (Å²) >= 11 is 0. The Bertz CT molecular complexity index is 873. The van der Waals surface area contributed by atoms with Crippen LogP contribution in [0.5, 0.6) is 0 Å². The molecular formula is C19H22FN5O2. The van der Waals surface area contributed by atoms with E-state index < -0.39 is 11.7 Å². The largest absolute Gasteiger partial charge is 0.340 e. The Balaban J connectivity index is 1.43. The number of anilines is 1. The Morgan fingerprint density at radius 1 is 1.30 bits per heavy atom. The lowest BCUT2D eigenvalue weighted by atomic mass is 9.89. The average molecular weight is 371 g/mol. The Hall–Kier alpha value is -2.74. The molecule has 3 heterocycles. The third kappa shape index (κ3) is 3.57. The molecule has 7 nitrogen and oxygen atoms in total. The average Bonchev–Trinajstić information content (AvgIpc) is 3.06. The summed E-state index contributed by atoms with van der Waals surface area (Å²) in [6.45, 7) is 3.41. The van der Waals surface area contributed by atoms with E-state index in [1.165, 1.54) is 18.2 Å². The first kappa shape index (κ1) is 17.7. The summed E-state index contributed by atoms with van der Waals surface area (Å²) in [5, 5.41) is 2.72. The molecule has 0 aliphatic carbocycles. The molecule has 142 valence electrons. The second-order valence-electron chi connectivity index (χ2n) is 7.09. The van der Waals surface area contributed by atoms with Crippen molar-refractivity contribution in [2.24, 2.45) is 7.05 Å². The maximum atomic E-state index is 13.7. The highest BCUT2D eigenvalue weighted by molar-refractivity contribution is 6.01. The van der Waals surface area contributed by atoms with Gasteiger partial charge in [0, 0.05) is 57.7 Å². The number of aromatic nitrogens is 2. The summed E-state index contributed by atoms with van der Waals surface area (Å²) in [6.07, 6.45) is 3.75. The van der Waals surface area contributed by atoms with Gasteiger partial charge < -0.3 is 14.8 Å². The molecule has 1 aromatic carbocycles. The number of piperazine rings is 1. The first-order valence-electron chi connectivity index (χ1n) is 9.08. The standard InChI is InChI=1S/C19H22FN5O2/c1-23-5-4-21-17(23)12-24-6-8-25(9-7-24)19(27)15-11-18(26)22-16-3-2-13(20)10-14(15)16/h2-5,10,15H,6-9,11-12H2,1H3,(H,22,26)/t15-/m0/s1. The Morgan fingerprint density at radius 2 is 2.07 bits per heavy atom. The number of carbonyl (C=O) groups is 2. The Morgan fingerprint density at radius 3 is 2.78 bits per heavy atom. The number of imidazole rings is 1. The van der Waals surface area contributed by atoms with Gasteiger partial charge in [-0.25, -0.2) is 9.37 Å². The number of carbonyl (C=O) groups excluding carboxylic acids is 2. The lowest BCUT2D eigenvalue weighted by Gasteiger charge is -2.37. The van der Waals surface area contributed by atoms with Crippen LogP contribution in [0.2, 0.25) is 0 Å². The van der Waals surface area contributed by atoms with Gasteiger partial charge in [0.1, 0.15) is 11.6 Å². The summed E-state index contributed by atoms with van der Waals surface area (Å²) in [5.74, 6) is -0.342. The predicted octanol–water partition coefficient (Wildman–Crippen LogP) is 1.33. The molecule has 8 heteroatoms. The van der Waals surface area contributed by atoms with Crippen LogP contribution in [0.15, 0.2) is 30.6 Å². The first-order valence-corrected chi connectivity index (χ1v) is 9.08. The third-order valence-electron chi connectivity index (χ3n) is 5.32. The van der Waals surface area contributed by atoms with Crippen molar-refractivity contribution in [3.63, 3.8) is 0 Å². The van der Waals surface area contributed by atoms with Crippen LogP contribution < -0.4 is 5.32 Å². The molecule has 1 fully saturated rings. The van der Waals surface area contributed by atoms with Crippen molar-refractivity contribution in [1.82, 2.24) is 19.4 Å². The van der Waals surface area contributed by atoms with Gasteiger partial charge in [-0.1, -0.05) is 0 Å². The van der Waals surface area contributed by atoms with Crippen LogP contribution in [0.1, 0.15) is 23.7 Å². The Kier molecular flexibility index (Phi) is 4.65. The van der Waals surface area contributed by atoms with E-state index in [1.54, 1.807) is 11.1 Å². The fraction of sp³-hybridized carbons (Fsp3) is 0.421. The van der Waals surface area contributed by atoms with E-state index in [0.29, 0.717) is 24.3 Å². The van der Waals surface area contributed by atoms with E-state index in [4.69, 9.17) is 0 Å². The van der Waals surface area contributed by atoms with Crippen LogP contribution in [-0.4, -0.2) is 57.3 Å². The van der Waals surface area contributed by atoms with Crippen molar-refractivity contribution in [2.45, 2.75) is 18.9 Å². The van der Waals surface area contributed by atoms with Crippen LogP contribution in [0.25, 0.3) is 0 Å². The number of hydrogen-bond donors (Lipinski definition) is 1. The summed E-state index contributed by atoms with van der Waals surface area (Å²) < 4.78 is 15.7. The number of halogens is 1. The molecule has 0 radical (unpaired) electrons. The summed E-state index contributed by atoms with van der Waals surface area (Å²) in [5.41, 5.74) is 1.09. The SMILES string of the molecule is Cn1ccnc1CN1CCN(C(=O)[C@H]2CC(=O)Nc3ccc(F)cc32)CC1. The van der Waals surface area contributed by atoms with E-state index in [9.17, 15) is 14.0 Å². The minimum Gasteiger partial charge on any atom is -0.340 e. The zero-order valence-electron chi connectivity index (χ0n) is 15.2. The van der Waals surface area contributed by atoms with Gasteiger partial charge in [0.2, 0.25) is 11.8 Å². The zero-order valence-corrected chi connectivity index (χ0v) is 15.2. The fourth-order valence-electron chi connectivity index (χ4n) is 3.75. The van der Waals surface area contributed by atoms with Gasteiger partial charge in [0.15, 0.2) is 0 Å². The molecule has 1 aromatic heterocycles. The molecule has 2 amide bonds. The van der Waals surface area contributed by atoms with Crippen LogP contribution >= 0.6 is 0 Å². The molecule has 1 saturated heterocycles.